The summed E-state index contributed by atoms with van der Waals surface area (Å²) in [6, 6.07) is 6.32. The molecule has 0 bridgehead atoms. The molecule has 0 amide bonds. The molecule has 19 heavy (non-hydrogen) atoms. The van der Waals surface area contributed by atoms with Gasteiger partial charge in [-0.1, -0.05) is 23.4 Å². The van der Waals surface area contributed by atoms with Crippen LogP contribution in [0.1, 0.15) is 12.5 Å². The largest absolute Gasteiger partial charge is 0.320 e. The molecule has 0 aromatic heterocycles. The zero-order chi connectivity index (χ0) is 14.5. The van der Waals surface area contributed by atoms with Gasteiger partial charge in [0.2, 0.25) is 10.0 Å². The van der Waals surface area contributed by atoms with Crippen molar-refractivity contribution in [1.82, 2.24) is 0 Å². The average Bonchev–Trinajstić information content (AvgIpc) is 2.38. The topological polar surface area (TPSA) is 96.0 Å². The predicted octanol–water partition coefficient (Wildman–Crippen LogP) is 1.30. The Balaban J connectivity index is 3.12. The van der Waals surface area contributed by atoms with Crippen molar-refractivity contribution in [2.45, 2.75) is 12.2 Å². The number of nitrogens with one attached hydrogen (secondary N) is 1. The molecule has 0 heterocycles. The summed E-state index contributed by atoms with van der Waals surface area (Å²) in [6.07, 6.45) is 0. The maximum absolute atomic E-state index is 11.8. The number of nitriles is 1. The number of nitrogens with zero attached hydrogens (tertiary/aromatic N) is 1. The summed E-state index contributed by atoms with van der Waals surface area (Å²) in [5, 5.41) is 7.70. The summed E-state index contributed by atoms with van der Waals surface area (Å²) < 4.78 is 25.8. The quantitative estimate of drug-likeness (QED) is 0.822. The van der Waals surface area contributed by atoms with Crippen molar-refractivity contribution >= 4 is 27.3 Å². The highest BCUT2D eigenvalue weighted by Gasteiger charge is 2.21. The highest BCUT2D eigenvalue weighted by Crippen LogP contribution is 2.24. The lowest BCUT2D eigenvalue weighted by Gasteiger charge is -2.11. The Labute approximate surface area is 117 Å². The fraction of sp³-hybridized carbons (Fsp3) is 0.250. The van der Waals surface area contributed by atoms with Crippen molar-refractivity contribution in [2.24, 2.45) is 5.73 Å². The van der Waals surface area contributed by atoms with Crippen LogP contribution in [-0.4, -0.2) is 20.2 Å². The minimum Gasteiger partial charge on any atom is -0.320 e. The van der Waals surface area contributed by atoms with E-state index in [1.165, 1.54) is 19.1 Å². The third-order valence-electron chi connectivity index (χ3n) is 2.20. The maximum atomic E-state index is 11.8. The van der Waals surface area contributed by atoms with Gasteiger partial charge >= 0.3 is 0 Å². The molecule has 0 fully saturated rings. The molecule has 0 aliphatic carbocycles. The first kappa shape index (κ1) is 15.3. The van der Waals surface area contributed by atoms with Gasteiger partial charge in [0.05, 0.1) is 23.3 Å². The highest BCUT2D eigenvalue weighted by molar-refractivity contribution is 7.93. The lowest BCUT2D eigenvalue weighted by atomic mass is 10.2. The molecule has 0 radical (unpaired) electrons. The molecule has 0 saturated heterocycles. The van der Waals surface area contributed by atoms with E-state index in [0.29, 0.717) is 5.56 Å². The van der Waals surface area contributed by atoms with Crippen molar-refractivity contribution in [3.63, 3.8) is 0 Å². The summed E-state index contributed by atoms with van der Waals surface area (Å²) in [4.78, 5) is 0. The molecular weight excluding hydrogens is 286 g/mol. The van der Waals surface area contributed by atoms with E-state index >= 15 is 0 Å². The van der Waals surface area contributed by atoms with Crippen LogP contribution in [0, 0.1) is 23.2 Å². The monoisotopic (exact) mass is 297 g/mol. The van der Waals surface area contributed by atoms with Gasteiger partial charge in [0.1, 0.15) is 0 Å². The van der Waals surface area contributed by atoms with E-state index in [-0.39, 0.29) is 17.3 Å². The minimum absolute atomic E-state index is 0.188. The van der Waals surface area contributed by atoms with E-state index in [1.807, 2.05) is 0 Å². The van der Waals surface area contributed by atoms with Crippen LogP contribution in [0.15, 0.2) is 18.2 Å². The summed E-state index contributed by atoms with van der Waals surface area (Å²) in [7, 11) is -3.79. The molecule has 5 nitrogen and oxygen atoms in total. The van der Waals surface area contributed by atoms with Crippen LogP contribution < -0.4 is 10.5 Å². The van der Waals surface area contributed by atoms with Gasteiger partial charge in [-0.05, 0) is 25.1 Å². The summed E-state index contributed by atoms with van der Waals surface area (Å²) in [5.74, 6) is 5.42. The Morgan fingerprint density at radius 2 is 2.21 bits per heavy atom. The van der Waals surface area contributed by atoms with Gasteiger partial charge < -0.3 is 5.73 Å². The van der Waals surface area contributed by atoms with Gasteiger partial charge in [-0.25, -0.2) is 8.42 Å². The zero-order valence-corrected chi connectivity index (χ0v) is 11.7. The predicted molar refractivity (Wildman–Crippen MR) is 75.0 cm³/mol. The second-order valence-electron chi connectivity index (χ2n) is 3.62. The molecule has 0 aliphatic heterocycles. The summed E-state index contributed by atoms with van der Waals surface area (Å²) in [5.41, 5.74) is 6.02. The fourth-order valence-electron chi connectivity index (χ4n) is 1.15. The van der Waals surface area contributed by atoms with Crippen LogP contribution >= 0.6 is 11.6 Å². The van der Waals surface area contributed by atoms with Crippen LogP contribution in [0.4, 0.5) is 5.69 Å². The van der Waals surface area contributed by atoms with E-state index in [1.54, 1.807) is 12.1 Å². The van der Waals surface area contributed by atoms with Gasteiger partial charge in [0, 0.05) is 5.56 Å². The van der Waals surface area contributed by atoms with Crippen molar-refractivity contribution in [1.29, 1.82) is 5.26 Å². The Kier molecular flexibility index (Phi) is 5.20. The normalized spacial score (nSPS) is 11.9. The number of halogens is 1. The van der Waals surface area contributed by atoms with Gasteiger partial charge in [0.15, 0.2) is 5.25 Å². The summed E-state index contributed by atoms with van der Waals surface area (Å²) >= 11 is 5.90. The van der Waals surface area contributed by atoms with E-state index in [9.17, 15) is 8.42 Å². The van der Waals surface area contributed by atoms with E-state index < -0.39 is 15.3 Å². The third-order valence-corrected chi connectivity index (χ3v) is 4.07. The second-order valence-corrected chi connectivity index (χ2v) is 6.03. The van der Waals surface area contributed by atoms with Crippen LogP contribution in [0.2, 0.25) is 5.02 Å². The Morgan fingerprint density at radius 3 is 2.79 bits per heavy atom. The van der Waals surface area contributed by atoms with Crippen LogP contribution in [-0.2, 0) is 10.0 Å². The molecule has 1 aromatic rings. The lowest BCUT2D eigenvalue weighted by Crippen LogP contribution is -2.24. The van der Waals surface area contributed by atoms with E-state index in [4.69, 9.17) is 22.6 Å². The highest BCUT2D eigenvalue weighted by atomic mass is 35.5. The van der Waals surface area contributed by atoms with Crippen molar-refractivity contribution < 1.29 is 8.42 Å². The lowest BCUT2D eigenvalue weighted by molar-refractivity contribution is 0.597. The van der Waals surface area contributed by atoms with Crippen LogP contribution in [0.25, 0.3) is 0 Å². The first-order valence-electron chi connectivity index (χ1n) is 5.30. The van der Waals surface area contributed by atoms with Gasteiger partial charge in [0.25, 0.3) is 0 Å². The number of anilines is 1. The molecule has 7 heteroatoms. The van der Waals surface area contributed by atoms with E-state index in [0.717, 1.165) is 0 Å². The second kappa shape index (κ2) is 6.44. The summed E-state index contributed by atoms with van der Waals surface area (Å²) in [6.45, 7) is 1.49. The number of sulfonamides is 1. The number of rotatable bonds is 3. The van der Waals surface area contributed by atoms with Crippen molar-refractivity contribution in [3.05, 3.63) is 28.8 Å². The maximum Gasteiger partial charge on any atom is 0.248 e. The molecule has 100 valence electrons. The molecule has 1 unspecified atom stereocenters. The number of nitrogens with two attached hydrogens (primary N) is 1. The van der Waals surface area contributed by atoms with Gasteiger partial charge in [-0.2, -0.15) is 5.26 Å². The Hall–Kier alpha value is -1.73. The standard InChI is InChI=1S/C12H12ClN3O2S/c1-9(8-15)19(17,18)16-12-7-10(3-2-6-14)4-5-11(12)13/h4-5,7,9,16H,6,14H2,1H3. The molecule has 0 saturated carbocycles. The van der Waals surface area contributed by atoms with E-state index in [2.05, 4.69) is 16.6 Å². The molecule has 3 N–H and O–H groups in total. The fourth-order valence-corrected chi connectivity index (χ4v) is 2.16. The molecule has 1 rings (SSSR count). The third kappa shape index (κ3) is 4.15. The van der Waals surface area contributed by atoms with Gasteiger partial charge in [-0.15, -0.1) is 0 Å². The number of hydrogen-bond acceptors (Lipinski definition) is 4. The Bertz CT molecular complexity index is 668. The molecule has 1 atom stereocenters. The zero-order valence-electron chi connectivity index (χ0n) is 10.1. The van der Waals surface area contributed by atoms with Crippen LogP contribution in [0.5, 0.6) is 0 Å². The molecule has 0 aliphatic rings. The average molecular weight is 298 g/mol. The SMILES string of the molecule is CC(C#N)S(=O)(=O)Nc1cc(C#CCN)ccc1Cl. The van der Waals surface area contributed by atoms with Crippen molar-refractivity contribution in [3.8, 4) is 17.9 Å². The van der Waals surface area contributed by atoms with Crippen molar-refractivity contribution in [2.75, 3.05) is 11.3 Å². The minimum atomic E-state index is -3.79. The van der Waals surface area contributed by atoms with Gasteiger partial charge in [-0.3, -0.25) is 4.72 Å². The number of benzene rings is 1. The molecule has 0 spiro atoms. The van der Waals surface area contributed by atoms with Crippen LogP contribution in [0.3, 0.4) is 0 Å². The molecule has 1 aromatic carbocycles. The smallest absolute Gasteiger partial charge is 0.248 e. The number of hydrogen-bond donors (Lipinski definition) is 2. The molecular formula is C12H12ClN3O2S. The first-order chi connectivity index (χ1) is 8.90. The first-order valence-corrected chi connectivity index (χ1v) is 7.23. The Morgan fingerprint density at radius 1 is 1.53 bits per heavy atom.